The summed E-state index contributed by atoms with van der Waals surface area (Å²) in [5, 5.41) is 0. The third kappa shape index (κ3) is 3.11. The molecule has 0 N–H and O–H groups in total. The second kappa shape index (κ2) is 5.20. The van der Waals surface area contributed by atoms with Gasteiger partial charge in [0, 0.05) is 6.07 Å². The maximum atomic E-state index is 11.4. The zero-order valence-electron chi connectivity index (χ0n) is 11.5. The predicted octanol–water partition coefficient (Wildman–Crippen LogP) is 1.09. The molecule has 0 radical (unpaired) electrons. The van der Waals surface area contributed by atoms with E-state index >= 15 is 0 Å². The molecule has 0 bridgehead atoms. The van der Waals surface area contributed by atoms with Gasteiger partial charge in [-0.15, -0.1) is 0 Å². The molecule has 6 heteroatoms. The summed E-state index contributed by atoms with van der Waals surface area (Å²) in [4.78, 5) is 11.4. The Morgan fingerprint density at radius 3 is 2.24 bits per heavy atom. The largest absolute Gasteiger partial charge is 0.487 e. The molecular weight excluding hydrogens is 276 g/mol. The number of ether oxygens (including phenoxy) is 5. The van der Waals surface area contributed by atoms with Crippen LogP contribution in [0.25, 0.3) is 0 Å². The van der Waals surface area contributed by atoms with Crippen LogP contribution >= 0.6 is 0 Å². The molecule has 0 saturated carbocycles. The van der Waals surface area contributed by atoms with Crippen LogP contribution in [0.4, 0.5) is 0 Å². The number of rotatable bonds is 6. The van der Waals surface area contributed by atoms with Gasteiger partial charge in [0.1, 0.15) is 31.2 Å². The topological polar surface area (TPSA) is 69.8 Å². The molecule has 3 heterocycles. The Morgan fingerprint density at radius 2 is 1.62 bits per heavy atom. The van der Waals surface area contributed by atoms with Gasteiger partial charge in [0.05, 0.1) is 19.6 Å². The molecule has 1 aromatic rings. The third-order valence-electron chi connectivity index (χ3n) is 3.60. The molecular formula is C15H16O6. The Balaban J connectivity index is 1.55. The van der Waals surface area contributed by atoms with Crippen molar-refractivity contribution in [3.05, 3.63) is 17.7 Å². The highest BCUT2D eigenvalue weighted by Gasteiger charge is 2.27. The monoisotopic (exact) mass is 292 g/mol. The van der Waals surface area contributed by atoms with Crippen LogP contribution in [0.15, 0.2) is 12.1 Å². The van der Waals surface area contributed by atoms with Gasteiger partial charge in [0.25, 0.3) is 0 Å². The average molecular weight is 292 g/mol. The number of carbonyl (C=O) groups excluding carboxylic acids is 1. The molecule has 0 aromatic heterocycles. The van der Waals surface area contributed by atoms with Crippen LogP contribution in [0.1, 0.15) is 12.0 Å². The number of carbonyl (C=O) groups is 1. The van der Waals surface area contributed by atoms with E-state index in [4.69, 9.17) is 23.7 Å². The van der Waals surface area contributed by atoms with Gasteiger partial charge in [0.15, 0.2) is 11.5 Å². The zero-order chi connectivity index (χ0) is 14.2. The van der Waals surface area contributed by atoms with Crippen molar-refractivity contribution < 1.29 is 28.5 Å². The number of fused-ring (bicyclic) bond motifs is 1. The lowest BCUT2D eigenvalue weighted by atomic mass is 10.1. The van der Waals surface area contributed by atoms with E-state index in [0.29, 0.717) is 43.3 Å². The highest BCUT2D eigenvalue weighted by Crippen LogP contribution is 2.38. The second-order valence-corrected chi connectivity index (χ2v) is 5.41. The van der Waals surface area contributed by atoms with Gasteiger partial charge < -0.3 is 23.7 Å². The van der Waals surface area contributed by atoms with Gasteiger partial charge in [0.2, 0.25) is 0 Å². The van der Waals surface area contributed by atoms with Crippen molar-refractivity contribution in [2.75, 3.05) is 26.4 Å². The maximum Gasteiger partial charge on any atom is 0.311 e. The molecule has 2 unspecified atom stereocenters. The Hall–Kier alpha value is -1.79. The van der Waals surface area contributed by atoms with E-state index < -0.39 is 0 Å². The number of epoxide rings is 2. The Labute approximate surface area is 121 Å². The second-order valence-electron chi connectivity index (χ2n) is 5.41. The Morgan fingerprint density at radius 1 is 1.00 bits per heavy atom. The van der Waals surface area contributed by atoms with Crippen molar-refractivity contribution >= 4 is 5.97 Å². The summed E-state index contributed by atoms with van der Waals surface area (Å²) in [6.45, 7) is 2.46. The molecule has 6 nitrogen and oxygen atoms in total. The molecule has 3 aliphatic rings. The summed E-state index contributed by atoms with van der Waals surface area (Å²) in [6, 6.07) is 3.63. The Bertz CT molecular complexity index is 562. The van der Waals surface area contributed by atoms with Gasteiger partial charge in [-0.2, -0.15) is 0 Å². The first kappa shape index (κ1) is 12.9. The van der Waals surface area contributed by atoms with Crippen molar-refractivity contribution in [2.45, 2.75) is 25.0 Å². The van der Waals surface area contributed by atoms with Crippen molar-refractivity contribution in [3.63, 3.8) is 0 Å². The summed E-state index contributed by atoms with van der Waals surface area (Å²) < 4.78 is 27.1. The van der Waals surface area contributed by atoms with E-state index in [0.717, 1.165) is 18.8 Å². The van der Waals surface area contributed by atoms with Gasteiger partial charge in [-0.05, 0) is 18.1 Å². The first-order valence-electron chi connectivity index (χ1n) is 7.14. The van der Waals surface area contributed by atoms with Gasteiger partial charge in [-0.25, -0.2) is 0 Å². The van der Waals surface area contributed by atoms with Crippen LogP contribution in [0.2, 0.25) is 0 Å². The molecule has 2 atom stereocenters. The normalized spacial score (nSPS) is 25.8. The van der Waals surface area contributed by atoms with Crippen LogP contribution in [-0.4, -0.2) is 44.6 Å². The van der Waals surface area contributed by atoms with Crippen molar-refractivity contribution in [1.29, 1.82) is 0 Å². The third-order valence-corrected chi connectivity index (χ3v) is 3.60. The lowest BCUT2D eigenvalue weighted by Gasteiger charge is -2.19. The molecule has 0 aliphatic carbocycles. The SMILES string of the molecule is O=C1CCc2cc(OCC3CO3)c(OCC3CO3)cc2O1. The highest BCUT2D eigenvalue weighted by molar-refractivity contribution is 5.76. The minimum atomic E-state index is -0.209. The molecule has 0 spiro atoms. The molecule has 112 valence electrons. The average Bonchev–Trinajstić information content (AvgIpc) is 3.37. The molecule has 2 saturated heterocycles. The number of hydrogen-bond donors (Lipinski definition) is 0. The zero-order valence-corrected chi connectivity index (χ0v) is 11.5. The van der Waals surface area contributed by atoms with Crippen molar-refractivity contribution in [3.8, 4) is 17.2 Å². The van der Waals surface area contributed by atoms with Crippen LogP contribution in [0, 0.1) is 0 Å². The van der Waals surface area contributed by atoms with Crippen LogP contribution in [0.3, 0.4) is 0 Å². The van der Waals surface area contributed by atoms with Crippen molar-refractivity contribution in [1.82, 2.24) is 0 Å². The van der Waals surface area contributed by atoms with E-state index in [-0.39, 0.29) is 18.2 Å². The Kier molecular flexibility index (Phi) is 3.20. The minimum absolute atomic E-state index is 0.156. The fourth-order valence-electron chi connectivity index (χ4n) is 2.20. The van der Waals surface area contributed by atoms with Crippen LogP contribution < -0.4 is 14.2 Å². The molecule has 3 aliphatic heterocycles. The van der Waals surface area contributed by atoms with Gasteiger partial charge >= 0.3 is 5.97 Å². The molecule has 21 heavy (non-hydrogen) atoms. The molecule has 4 rings (SSSR count). The van der Waals surface area contributed by atoms with Gasteiger partial charge in [-0.3, -0.25) is 4.79 Å². The molecule has 0 amide bonds. The minimum Gasteiger partial charge on any atom is -0.487 e. The highest BCUT2D eigenvalue weighted by atomic mass is 16.6. The standard InChI is InChI=1S/C15H16O6/c16-15-2-1-9-3-13(19-7-10-5-17-10)14(4-12(9)21-15)20-8-11-6-18-11/h3-4,10-11H,1-2,5-8H2. The summed E-state index contributed by atoms with van der Waals surface area (Å²) in [5.41, 5.74) is 0.969. The quantitative estimate of drug-likeness (QED) is 0.444. The number of benzene rings is 1. The van der Waals surface area contributed by atoms with Crippen LogP contribution in [0.5, 0.6) is 17.2 Å². The van der Waals surface area contributed by atoms with E-state index in [9.17, 15) is 4.79 Å². The van der Waals surface area contributed by atoms with Crippen LogP contribution in [-0.2, 0) is 20.7 Å². The first-order valence-corrected chi connectivity index (χ1v) is 7.14. The lowest BCUT2D eigenvalue weighted by molar-refractivity contribution is -0.135. The number of esters is 1. The fourth-order valence-corrected chi connectivity index (χ4v) is 2.20. The number of hydrogen-bond acceptors (Lipinski definition) is 6. The lowest BCUT2D eigenvalue weighted by Crippen LogP contribution is -2.17. The van der Waals surface area contributed by atoms with E-state index in [1.807, 2.05) is 6.07 Å². The molecule has 1 aromatic carbocycles. The summed E-state index contributed by atoms with van der Waals surface area (Å²) in [5.74, 6) is 1.61. The smallest absolute Gasteiger partial charge is 0.311 e. The molecule has 2 fully saturated rings. The van der Waals surface area contributed by atoms with E-state index in [1.165, 1.54) is 0 Å². The fraction of sp³-hybridized carbons (Fsp3) is 0.533. The maximum absolute atomic E-state index is 11.4. The van der Waals surface area contributed by atoms with Gasteiger partial charge in [-0.1, -0.05) is 0 Å². The summed E-state index contributed by atoms with van der Waals surface area (Å²) in [6.07, 6.45) is 1.40. The summed E-state index contributed by atoms with van der Waals surface area (Å²) >= 11 is 0. The van der Waals surface area contributed by atoms with Crippen molar-refractivity contribution in [2.24, 2.45) is 0 Å². The van der Waals surface area contributed by atoms with E-state index in [1.54, 1.807) is 6.07 Å². The van der Waals surface area contributed by atoms with E-state index in [2.05, 4.69) is 0 Å². The first-order chi connectivity index (χ1) is 10.3. The number of aryl methyl sites for hydroxylation is 1. The predicted molar refractivity (Wildman–Crippen MR) is 70.9 cm³/mol. The summed E-state index contributed by atoms with van der Waals surface area (Å²) in [7, 11) is 0.